The van der Waals surface area contributed by atoms with Crippen molar-refractivity contribution in [2.75, 3.05) is 39.1 Å². The fourth-order valence-electron chi connectivity index (χ4n) is 3.36. The van der Waals surface area contributed by atoms with Gasteiger partial charge in [0.15, 0.2) is 0 Å². The van der Waals surface area contributed by atoms with Crippen molar-refractivity contribution in [1.29, 1.82) is 0 Å². The maximum Gasteiger partial charge on any atom is 0.335 e. The quantitative estimate of drug-likeness (QED) is 0.403. The van der Waals surface area contributed by atoms with E-state index in [0.717, 1.165) is 0 Å². The SMILES string of the molecule is COc1cc(OC)cc(C(=O)Nc2cc(C(=O)O)cc(NC(=O)c3cc(OC)cc(OC)c3)c2C)c1. The van der Waals surface area contributed by atoms with Crippen molar-refractivity contribution in [2.45, 2.75) is 6.92 Å². The first-order valence-corrected chi connectivity index (χ1v) is 10.7. The van der Waals surface area contributed by atoms with Gasteiger partial charge in [-0.1, -0.05) is 0 Å². The summed E-state index contributed by atoms with van der Waals surface area (Å²) in [6, 6.07) is 12.0. The van der Waals surface area contributed by atoms with Crippen LogP contribution in [0.15, 0.2) is 48.5 Å². The molecule has 3 rings (SSSR count). The van der Waals surface area contributed by atoms with Gasteiger partial charge >= 0.3 is 5.97 Å². The second-order valence-electron chi connectivity index (χ2n) is 7.61. The molecule has 0 aromatic heterocycles. The predicted molar refractivity (Wildman–Crippen MR) is 133 cm³/mol. The van der Waals surface area contributed by atoms with Crippen molar-refractivity contribution in [3.8, 4) is 23.0 Å². The van der Waals surface area contributed by atoms with Crippen LogP contribution in [-0.4, -0.2) is 51.3 Å². The molecule has 0 heterocycles. The largest absolute Gasteiger partial charge is 0.497 e. The highest BCUT2D eigenvalue weighted by Gasteiger charge is 2.18. The van der Waals surface area contributed by atoms with Crippen LogP contribution in [0, 0.1) is 6.92 Å². The molecule has 10 heteroatoms. The molecule has 0 atom stereocenters. The van der Waals surface area contributed by atoms with Crippen LogP contribution < -0.4 is 29.6 Å². The lowest BCUT2D eigenvalue weighted by Gasteiger charge is -2.16. The van der Waals surface area contributed by atoms with Crippen LogP contribution in [0.2, 0.25) is 0 Å². The van der Waals surface area contributed by atoms with Crippen LogP contribution in [0.3, 0.4) is 0 Å². The van der Waals surface area contributed by atoms with E-state index >= 15 is 0 Å². The minimum absolute atomic E-state index is 0.127. The molecule has 0 saturated carbocycles. The van der Waals surface area contributed by atoms with E-state index in [1.54, 1.807) is 19.1 Å². The molecule has 3 aromatic carbocycles. The third-order valence-corrected chi connectivity index (χ3v) is 5.38. The number of anilines is 2. The van der Waals surface area contributed by atoms with Crippen molar-refractivity contribution in [3.63, 3.8) is 0 Å². The van der Waals surface area contributed by atoms with Crippen molar-refractivity contribution in [2.24, 2.45) is 0 Å². The zero-order valence-electron chi connectivity index (χ0n) is 20.4. The van der Waals surface area contributed by atoms with E-state index in [4.69, 9.17) is 18.9 Å². The van der Waals surface area contributed by atoms with Crippen LogP contribution in [0.25, 0.3) is 0 Å². The topological polar surface area (TPSA) is 132 Å². The molecular formula is C26H26N2O8. The van der Waals surface area contributed by atoms with Gasteiger partial charge in [0.2, 0.25) is 0 Å². The van der Waals surface area contributed by atoms with Crippen LogP contribution in [-0.2, 0) is 0 Å². The molecule has 0 radical (unpaired) electrons. The number of carbonyl (C=O) groups is 3. The zero-order valence-corrected chi connectivity index (χ0v) is 20.4. The number of aromatic carboxylic acids is 1. The maximum atomic E-state index is 13.0. The number of carboxylic acids is 1. The van der Waals surface area contributed by atoms with Crippen LogP contribution in [0.1, 0.15) is 36.6 Å². The lowest BCUT2D eigenvalue weighted by atomic mass is 10.1. The standard InChI is InChI=1S/C26H26N2O8/c1-14-22(27-24(29)15-6-18(33-2)12-19(7-15)34-3)10-17(26(31)32)11-23(14)28-25(30)16-8-20(35-4)13-21(9-16)36-5/h6-13H,1-5H3,(H,27,29)(H,28,30)(H,31,32). The minimum Gasteiger partial charge on any atom is -0.497 e. The van der Waals surface area contributed by atoms with E-state index in [-0.39, 0.29) is 28.1 Å². The molecule has 3 N–H and O–H groups in total. The van der Waals surface area contributed by atoms with E-state index in [1.165, 1.54) is 64.8 Å². The van der Waals surface area contributed by atoms with E-state index in [1.807, 2.05) is 0 Å². The summed E-state index contributed by atoms with van der Waals surface area (Å²) in [5.41, 5.74) is 1.21. The van der Waals surface area contributed by atoms with E-state index in [9.17, 15) is 19.5 Å². The molecule has 0 spiro atoms. The highest BCUT2D eigenvalue weighted by Crippen LogP contribution is 2.30. The van der Waals surface area contributed by atoms with Crippen molar-refractivity contribution in [1.82, 2.24) is 0 Å². The zero-order chi connectivity index (χ0) is 26.4. The molecule has 3 aromatic rings. The van der Waals surface area contributed by atoms with Crippen molar-refractivity contribution in [3.05, 3.63) is 70.8 Å². The Balaban J connectivity index is 1.97. The lowest BCUT2D eigenvalue weighted by molar-refractivity contribution is 0.0696. The summed E-state index contributed by atoms with van der Waals surface area (Å²) in [7, 11) is 5.85. The first kappa shape index (κ1) is 25.9. The number of carbonyl (C=O) groups excluding carboxylic acids is 2. The van der Waals surface area contributed by atoms with Gasteiger partial charge in [-0.05, 0) is 48.9 Å². The number of hydrogen-bond donors (Lipinski definition) is 3. The summed E-state index contributed by atoms with van der Waals surface area (Å²) in [5, 5.41) is 15.0. The first-order chi connectivity index (χ1) is 17.2. The molecule has 0 bridgehead atoms. The molecule has 0 aliphatic rings. The summed E-state index contributed by atoms with van der Waals surface area (Å²) < 4.78 is 20.8. The van der Waals surface area contributed by atoms with E-state index in [0.29, 0.717) is 28.6 Å². The summed E-state index contributed by atoms with van der Waals surface area (Å²) in [5.74, 6) is -0.615. The Bertz CT molecular complexity index is 1180. The van der Waals surface area contributed by atoms with Gasteiger partial charge in [0, 0.05) is 34.6 Å². The van der Waals surface area contributed by atoms with Gasteiger partial charge in [-0.15, -0.1) is 0 Å². The van der Waals surface area contributed by atoms with Crippen LogP contribution >= 0.6 is 0 Å². The number of methoxy groups -OCH3 is 4. The molecular weight excluding hydrogens is 468 g/mol. The third kappa shape index (κ3) is 5.84. The second kappa shape index (κ2) is 11.1. The van der Waals surface area contributed by atoms with Gasteiger partial charge < -0.3 is 34.7 Å². The molecule has 0 saturated heterocycles. The number of hydrogen-bond acceptors (Lipinski definition) is 7. The smallest absolute Gasteiger partial charge is 0.335 e. The molecule has 36 heavy (non-hydrogen) atoms. The first-order valence-electron chi connectivity index (χ1n) is 10.7. The Hall–Kier alpha value is -4.73. The molecule has 0 aliphatic heterocycles. The van der Waals surface area contributed by atoms with Gasteiger partial charge in [-0.2, -0.15) is 0 Å². The van der Waals surface area contributed by atoms with Gasteiger partial charge in [0.1, 0.15) is 23.0 Å². The highest BCUT2D eigenvalue weighted by atomic mass is 16.5. The van der Waals surface area contributed by atoms with Gasteiger partial charge in [0.25, 0.3) is 11.8 Å². The molecule has 0 fully saturated rings. The minimum atomic E-state index is -1.23. The number of ether oxygens (including phenoxy) is 4. The monoisotopic (exact) mass is 494 g/mol. The van der Waals surface area contributed by atoms with E-state index < -0.39 is 17.8 Å². The van der Waals surface area contributed by atoms with Crippen molar-refractivity contribution < 1.29 is 38.4 Å². The molecule has 0 aliphatic carbocycles. The number of carboxylic acid groups (broad SMARTS) is 1. The summed E-state index contributed by atoms with van der Waals surface area (Å²) >= 11 is 0. The Morgan fingerprint density at radius 1 is 0.583 bits per heavy atom. The molecule has 10 nitrogen and oxygen atoms in total. The predicted octanol–water partition coefficient (Wildman–Crippen LogP) is 4.23. The average molecular weight is 495 g/mol. The fourth-order valence-corrected chi connectivity index (χ4v) is 3.36. The van der Waals surface area contributed by atoms with Crippen LogP contribution in [0.5, 0.6) is 23.0 Å². The van der Waals surface area contributed by atoms with E-state index in [2.05, 4.69) is 10.6 Å². The third-order valence-electron chi connectivity index (χ3n) is 5.38. The number of nitrogens with one attached hydrogen (secondary N) is 2. The normalized spacial score (nSPS) is 10.2. The summed E-state index contributed by atoms with van der Waals surface area (Å²) in [6.07, 6.45) is 0. The van der Waals surface area contributed by atoms with Crippen LogP contribution in [0.4, 0.5) is 11.4 Å². The molecule has 2 amide bonds. The maximum absolute atomic E-state index is 13.0. The number of rotatable bonds is 9. The Kier molecular flexibility index (Phi) is 8.00. The fraction of sp³-hybridized carbons (Fsp3) is 0.192. The molecule has 188 valence electrons. The molecule has 0 unspecified atom stereocenters. The summed E-state index contributed by atoms with van der Waals surface area (Å²) in [4.78, 5) is 37.8. The van der Waals surface area contributed by atoms with Gasteiger partial charge in [-0.3, -0.25) is 9.59 Å². The highest BCUT2D eigenvalue weighted by molar-refractivity contribution is 6.09. The Morgan fingerprint density at radius 2 is 0.917 bits per heavy atom. The number of amides is 2. The Labute approximate surface area is 207 Å². The average Bonchev–Trinajstić information content (AvgIpc) is 2.89. The van der Waals surface area contributed by atoms with Crippen molar-refractivity contribution >= 4 is 29.2 Å². The lowest BCUT2D eigenvalue weighted by Crippen LogP contribution is -2.17. The second-order valence-corrected chi connectivity index (χ2v) is 7.61. The summed E-state index contributed by atoms with van der Waals surface area (Å²) in [6.45, 7) is 1.65. The van der Waals surface area contributed by atoms with Gasteiger partial charge in [-0.25, -0.2) is 4.79 Å². The number of benzene rings is 3. The Morgan fingerprint density at radius 3 is 1.19 bits per heavy atom. The van der Waals surface area contributed by atoms with Gasteiger partial charge in [0.05, 0.1) is 34.0 Å².